The Morgan fingerprint density at radius 2 is 1.50 bits per heavy atom. The van der Waals surface area contributed by atoms with Gasteiger partial charge < -0.3 is 38.0 Å². The maximum Gasteiger partial charge on any atom is 0.695 e. The third-order valence-corrected chi connectivity index (χ3v) is 16.3. The minimum absolute atomic E-state index is 0.00663. The smallest absolute Gasteiger partial charge is 0.497 e. The van der Waals surface area contributed by atoms with Gasteiger partial charge in [-0.1, -0.05) is 97.1 Å². The molecule has 2 aliphatic heterocycles. The molecule has 27 nitrogen and oxygen atoms in total. The summed E-state index contributed by atoms with van der Waals surface area (Å²) in [5.41, 5.74) is -0.462. The number of aromatic nitrogens is 10. The number of carbonyl (C=O) groups is 2. The lowest BCUT2D eigenvalue weighted by atomic mass is 9.80. The van der Waals surface area contributed by atoms with E-state index in [-0.39, 0.29) is 53.5 Å². The molecule has 4 N–H and O–H groups in total. The van der Waals surface area contributed by atoms with Crippen molar-refractivity contribution >= 4 is 72.7 Å². The highest BCUT2D eigenvalue weighted by molar-refractivity contribution is 8.07. The standard InChI is InChI=1S/C53H52FN13O14P2S/c1-30(2)47(68)60-52-59-46-42(49(70)61-52)63-65-67(46)50-38(80-82(71)72)26-37(78-50)27-77-83(84,76-25-11-24-55)81-43-39(79-51(40(43)54)66-45-41(62-64-66)44(56-29-57-45)58-48(69)31-12-7-5-8-13-31)28-75-53(32-14-9-6-10-15-32,33-16-20-35(73-3)21-17-33)34-18-22-36(74-4)23-19-34/h5-10,12-23,29-30,37-40,43,50-51H,11,25-28H2,1-4H3,(H3-,56,57,58,59,60,61,64,65,68,69,70,71,72)/p+1/t37-,38-,39+,40-,43+,50+,51+,83?/m0/s1. The zero-order valence-electron chi connectivity index (χ0n) is 45.0. The lowest BCUT2D eigenvalue weighted by molar-refractivity contribution is -0.118. The van der Waals surface area contributed by atoms with Gasteiger partial charge in [0, 0.05) is 22.5 Å². The van der Waals surface area contributed by atoms with Crippen molar-refractivity contribution in [2.24, 2.45) is 5.92 Å². The van der Waals surface area contributed by atoms with Crippen LogP contribution in [0, 0.1) is 17.2 Å². The van der Waals surface area contributed by atoms with Crippen LogP contribution >= 0.6 is 15.0 Å². The third kappa shape index (κ3) is 12.6. The number of nitrogens with one attached hydrogen (secondary N) is 3. The summed E-state index contributed by atoms with van der Waals surface area (Å²) in [4.78, 5) is 64.3. The Bertz CT molecular complexity index is 3760. The lowest BCUT2D eigenvalue weighted by Gasteiger charge is -2.37. The Hall–Kier alpha value is -7.97. The highest BCUT2D eigenvalue weighted by atomic mass is 32.5. The summed E-state index contributed by atoms with van der Waals surface area (Å²) < 4.78 is 88.1. The van der Waals surface area contributed by atoms with Gasteiger partial charge in [0.1, 0.15) is 35.6 Å². The van der Waals surface area contributed by atoms with Gasteiger partial charge in [0.25, 0.3) is 11.5 Å². The van der Waals surface area contributed by atoms with Gasteiger partial charge in [-0.3, -0.25) is 29.2 Å². The number of nitriles is 1. The molecule has 0 radical (unpaired) electrons. The lowest BCUT2D eigenvalue weighted by Crippen LogP contribution is -2.40. The van der Waals surface area contributed by atoms with Crippen LogP contribution in [-0.2, 0) is 59.1 Å². The van der Waals surface area contributed by atoms with Crippen molar-refractivity contribution in [3.63, 3.8) is 0 Å². The van der Waals surface area contributed by atoms with Crippen LogP contribution in [0.1, 0.15) is 66.2 Å². The number of hydrogen-bond acceptors (Lipinski definition) is 22. The molecule has 2 amide bonds. The Balaban J connectivity index is 1.00. The third-order valence-electron chi connectivity index (χ3n) is 13.5. The highest BCUT2D eigenvalue weighted by Crippen LogP contribution is 2.55. The van der Waals surface area contributed by atoms with Crippen LogP contribution in [0.25, 0.3) is 22.3 Å². The highest BCUT2D eigenvalue weighted by Gasteiger charge is 2.53. The van der Waals surface area contributed by atoms with Crippen LogP contribution in [0.3, 0.4) is 0 Å². The summed E-state index contributed by atoms with van der Waals surface area (Å²) in [6.07, 6.45) is -10.0. The predicted octanol–water partition coefficient (Wildman–Crippen LogP) is 6.74. The van der Waals surface area contributed by atoms with Crippen molar-refractivity contribution in [3.05, 3.63) is 148 Å². The number of fused-ring (bicyclic) bond motifs is 2. The number of nitrogens with zero attached hydrogens (tertiary/aromatic N) is 10. The van der Waals surface area contributed by atoms with Gasteiger partial charge in [0.2, 0.25) is 11.9 Å². The molecule has 0 aliphatic carbocycles. The molecule has 10 rings (SSSR count). The van der Waals surface area contributed by atoms with Gasteiger partial charge in [0.05, 0.1) is 52.6 Å². The van der Waals surface area contributed by atoms with E-state index in [4.69, 9.17) is 53.6 Å². The molecule has 0 spiro atoms. The van der Waals surface area contributed by atoms with E-state index in [2.05, 4.69) is 51.2 Å². The van der Waals surface area contributed by atoms with E-state index in [0.29, 0.717) is 33.8 Å². The second-order valence-electron chi connectivity index (χ2n) is 19.2. The SMILES string of the molecule is COc1ccc(C(OC[C@H]2O[C@@H](n3nnc4c(NC(=O)c5ccccc5)ncnc43)[C@@H](F)[C@@H]2OP(=S)(OCCC#N)OC[C@@H]2C[C@H](O[P+](=O)O)[C@H](n3nnc4c(=O)[nH]c(NC(=O)C(C)C)nc43)O2)(c2ccccc2)c2ccc(OC)cc2)cc1. The van der Waals surface area contributed by atoms with Crippen LogP contribution in [0.15, 0.2) is 120 Å². The summed E-state index contributed by atoms with van der Waals surface area (Å²) in [6.45, 7) is -2.30. The minimum Gasteiger partial charge on any atom is -0.497 e. The maximum atomic E-state index is 18.1. The summed E-state index contributed by atoms with van der Waals surface area (Å²) in [7, 11) is -0.179. The fourth-order valence-electron chi connectivity index (χ4n) is 9.44. The number of amides is 2. The Kier molecular flexibility index (Phi) is 18.2. The molecular weight excluding hydrogens is 1160 g/mol. The van der Waals surface area contributed by atoms with Crippen LogP contribution in [-0.4, -0.2) is 131 Å². The minimum atomic E-state index is -4.29. The van der Waals surface area contributed by atoms with Crippen molar-refractivity contribution in [1.29, 1.82) is 5.26 Å². The van der Waals surface area contributed by atoms with Crippen molar-refractivity contribution in [2.75, 3.05) is 44.7 Å². The van der Waals surface area contributed by atoms with Crippen molar-refractivity contribution in [2.45, 2.75) is 75.3 Å². The fourth-order valence-corrected chi connectivity index (χ4v) is 12.0. The Morgan fingerprint density at radius 1 is 0.869 bits per heavy atom. The van der Waals surface area contributed by atoms with Gasteiger partial charge in [-0.05, 0) is 64.9 Å². The number of H-pyrrole nitrogens is 1. The summed E-state index contributed by atoms with van der Waals surface area (Å²) >= 11 is 6.06. The molecule has 84 heavy (non-hydrogen) atoms. The molecule has 2 saturated heterocycles. The van der Waals surface area contributed by atoms with Crippen LogP contribution < -0.4 is 25.7 Å². The molecule has 2 fully saturated rings. The normalized spacial score (nSPS) is 20.6. The maximum absolute atomic E-state index is 18.1. The quantitative estimate of drug-likeness (QED) is 0.0276. The Morgan fingerprint density at radius 3 is 2.13 bits per heavy atom. The van der Waals surface area contributed by atoms with E-state index >= 15 is 4.39 Å². The van der Waals surface area contributed by atoms with Gasteiger partial charge in [-0.25, -0.2) is 14.4 Å². The first-order valence-corrected chi connectivity index (χ1v) is 29.6. The molecule has 2 unspecified atom stereocenters. The predicted molar refractivity (Wildman–Crippen MR) is 299 cm³/mol. The molecule has 436 valence electrons. The van der Waals surface area contributed by atoms with Gasteiger partial charge in [-0.15, -0.1) is 19.6 Å². The van der Waals surface area contributed by atoms with Gasteiger partial charge in [0.15, 0.2) is 52.9 Å². The average molecular weight is 1210 g/mol. The summed E-state index contributed by atoms with van der Waals surface area (Å²) in [5, 5.41) is 31.4. The topological polar surface area (TPSA) is 335 Å². The molecule has 6 heterocycles. The van der Waals surface area contributed by atoms with E-state index in [1.54, 1.807) is 82.7 Å². The summed E-state index contributed by atoms with van der Waals surface area (Å²) in [5.74, 6) is -0.580. The largest absolute Gasteiger partial charge is 0.695 e. The van der Waals surface area contributed by atoms with E-state index in [1.807, 2.05) is 60.7 Å². The van der Waals surface area contributed by atoms with Crippen LogP contribution in [0.5, 0.6) is 11.5 Å². The number of anilines is 2. The number of rotatable bonds is 24. The first-order chi connectivity index (χ1) is 40.6. The first-order valence-electron chi connectivity index (χ1n) is 25.9. The van der Waals surface area contributed by atoms with Crippen molar-refractivity contribution in [1.82, 2.24) is 49.9 Å². The number of carbonyl (C=O) groups excluding carboxylic acids is 2. The van der Waals surface area contributed by atoms with Crippen molar-refractivity contribution in [3.8, 4) is 17.6 Å². The molecule has 0 saturated carbocycles. The molecule has 2 aliphatic rings. The molecular formula is C53H53FN13O14P2S+. The first kappa shape index (κ1) is 59.2. The Labute approximate surface area is 482 Å². The number of aromatic amines is 1. The number of ether oxygens (including phenoxy) is 5. The number of alkyl halides is 1. The zero-order valence-corrected chi connectivity index (χ0v) is 47.6. The number of methoxy groups -OCH3 is 2. The molecule has 31 heteroatoms. The molecule has 4 aromatic heterocycles. The molecule has 4 aromatic carbocycles. The zero-order chi connectivity index (χ0) is 59.1. The van der Waals surface area contributed by atoms with Crippen molar-refractivity contribution < 1.29 is 65.2 Å². The van der Waals surface area contributed by atoms with E-state index < -0.39 is 100 Å². The van der Waals surface area contributed by atoms with E-state index in [1.165, 1.54) is 0 Å². The molecule has 0 bridgehead atoms. The monoisotopic (exact) mass is 1210 g/mol. The van der Waals surface area contributed by atoms with E-state index in [9.17, 15) is 29.1 Å². The number of benzene rings is 4. The molecule has 9 atom stereocenters. The fraction of sp³-hybridized carbons (Fsp3) is 0.340. The summed E-state index contributed by atoms with van der Waals surface area (Å²) in [6, 6.07) is 34.1. The second kappa shape index (κ2) is 25.9. The van der Waals surface area contributed by atoms with Gasteiger partial charge in [-0.2, -0.15) is 19.6 Å². The average Bonchev–Trinajstić information content (AvgIpc) is 3.70. The van der Waals surface area contributed by atoms with Crippen LogP contribution in [0.2, 0.25) is 0 Å². The van der Waals surface area contributed by atoms with E-state index in [0.717, 1.165) is 15.7 Å². The van der Waals surface area contributed by atoms with Crippen LogP contribution in [0.4, 0.5) is 16.2 Å². The molecule has 8 aromatic rings. The second-order valence-corrected chi connectivity index (χ2v) is 22.8. The number of halogens is 1. The number of hydrogen-bond donors (Lipinski definition) is 4. The van der Waals surface area contributed by atoms with Gasteiger partial charge >= 0.3 is 15.0 Å².